The van der Waals surface area contributed by atoms with Gasteiger partial charge in [-0.1, -0.05) is 18.2 Å². The maximum atomic E-state index is 12.4. The van der Waals surface area contributed by atoms with E-state index in [0.29, 0.717) is 32.5 Å². The Morgan fingerprint density at radius 3 is 2.67 bits per heavy atom. The molecule has 0 bridgehead atoms. The van der Waals surface area contributed by atoms with E-state index in [1.807, 2.05) is 35.2 Å². The van der Waals surface area contributed by atoms with Crippen molar-refractivity contribution in [2.24, 2.45) is 5.92 Å². The number of benzene rings is 1. The summed E-state index contributed by atoms with van der Waals surface area (Å²) in [6.45, 7) is 2.56. The molecule has 6 heteroatoms. The molecule has 6 nitrogen and oxygen atoms in total. The summed E-state index contributed by atoms with van der Waals surface area (Å²) in [5.74, 6) is -0.732. The molecule has 24 heavy (non-hydrogen) atoms. The summed E-state index contributed by atoms with van der Waals surface area (Å²) >= 11 is 0. The van der Waals surface area contributed by atoms with Gasteiger partial charge in [-0.15, -0.1) is 0 Å². The first-order chi connectivity index (χ1) is 11.7. The highest BCUT2D eigenvalue weighted by atomic mass is 16.2. The van der Waals surface area contributed by atoms with Crippen molar-refractivity contribution in [3.05, 3.63) is 30.3 Å². The number of anilines is 1. The van der Waals surface area contributed by atoms with Crippen LogP contribution in [0.25, 0.3) is 0 Å². The molecule has 0 spiro atoms. The molecule has 2 fully saturated rings. The lowest BCUT2D eigenvalue weighted by Crippen LogP contribution is -2.38. The molecule has 2 heterocycles. The van der Waals surface area contributed by atoms with Gasteiger partial charge in [0.25, 0.3) is 0 Å². The molecular formula is C18H23N3O3. The number of likely N-dealkylation sites (tertiary alicyclic amines) is 1. The Bertz CT molecular complexity index is 617. The number of amides is 3. The van der Waals surface area contributed by atoms with Gasteiger partial charge in [-0.2, -0.15) is 0 Å². The van der Waals surface area contributed by atoms with Crippen molar-refractivity contribution in [2.75, 3.05) is 31.1 Å². The molecule has 128 valence electrons. The van der Waals surface area contributed by atoms with Crippen LogP contribution in [0.4, 0.5) is 5.69 Å². The summed E-state index contributed by atoms with van der Waals surface area (Å²) in [6.07, 6.45) is 2.83. The van der Waals surface area contributed by atoms with Gasteiger partial charge in [-0.3, -0.25) is 14.4 Å². The zero-order chi connectivity index (χ0) is 16.9. The van der Waals surface area contributed by atoms with Crippen molar-refractivity contribution in [3.8, 4) is 0 Å². The Morgan fingerprint density at radius 1 is 1.17 bits per heavy atom. The number of hydrogen-bond acceptors (Lipinski definition) is 3. The minimum absolute atomic E-state index is 0.131. The molecule has 1 atom stereocenters. The topological polar surface area (TPSA) is 69.7 Å². The lowest BCUT2D eigenvalue weighted by Gasteiger charge is -2.17. The predicted octanol–water partition coefficient (Wildman–Crippen LogP) is 1.17. The van der Waals surface area contributed by atoms with Crippen LogP contribution in [0, 0.1) is 5.92 Å². The van der Waals surface area contributed by atoms with E-state index in [-0.39, 0.29) is 17.7 Å². The summed E-state index contributed by atoms with van der Waals surface area (Å²) in [6, 6.07) is 9.43. The van der Waals surface area contributed by atoms with Gasteiger partial charge < -0.3 is 15.1 Å². The molecule has 3 rings (SSSR count). The summed E-state index contributed by atoms with van der Waals surface area (Å²) in [5, 5.41) is 2.84. The van der Waals surface area contributed by atoms with E-state index in [2.05, 4.69) is 5.32 Å². The number of hydrogen-bond donors (Lipinski definition) is 1. The van der Waals surface area contributed by atoms with Crippen LogP contribution in [-0.2, 0) is 14.4 Å². The van der Waals surface area contributed by atoms with E-state index in [9.17, 15) is 14.4 Å². The van der Waals surface area contributed by atoms with Crippen LogP contribution >= 0.6 is 0 Å². The number of rotatable bonds is 6. The fraction of sp³-hybridized carbons (Fsp3) is 0.500. The smallest absolute Gasteiger partial charge is 0.239 e. The van der Waals surface area contributed by atoms with Crippen LogP contribution in [0.1, 0.15) is 25.7 Å². The van der Waals surface area contributed by atoms with Crippen molar-refractivity contribution >= 4 is 23.4 Å². The van der Waals surface area contributed by atoms with Crippen molar-refractivity contribution in [2.45, 2.75) is 25.7 Å². The van der Waals surface area contributed by atoms with Crippen LogP contribution < -0.4 is 10.2 Å². The summed E-state index contributed by atoms with van der Waals surface area (Å²) in [5.41, 5.74) is 0.838. The first-order valence-corrected chi connectivity index (χ1v) is 8.59. The van der Waals surface area contributed by atoms with Crippen LogP contribution in [0.3, 0.4) is 0 Å². The van der Waals surface area contributed by atoms with Crippen LogP contribution in [0.5, 0.6) is 0 Å². The Hall–Kier alpha value is -2.37. The third-order valence-electron chi connectivity index (χ3n) is 4.67. The maximum Gasteiger partial charge on any atom is 0.239 e. The number of carbonyl (C=O) groups is 3. The molecule has 0 aliphatic carbocycles. The molecule has 1 aromatic rings. The molecule has 2 aliphatic rings. The molecule has 1 aromatic carbocycles. The zero-order valence-electron chi connectivity index (χ0n) is 13.7. The zero-order valence-corrected chi connectivity index (χ0v) is 13.7. The van der Waals surface area contributed by atoms with Crippen molar-refractivity contribution < 1.29 is 14.4 Å². The van der Waals surface area contributed by atoms with E-state index in [1.54, 1.807) is 4.90 Å². The van der Waals surface area contributed by atoms with E-state index in [0.717, 1.165) is 25.1 Å². The summed E-state index contributed by atoms with van der Waals surface area (Å²) in [4.78, 5) is 39.7. The van der Waals surface area contributed by atoms with Gasteiger partial charge in [-0.25, -0.2) is 0 Å². The number of carbonyl (C=O) groups excluding carboxylic acids is 3. The SMILES string of the molecule is O=C(NCCCN1CCCC1=O)C1CCN(c2ccccc2)C1=O. The van der Waals surface area contributed by atoms with Gasteiger partial charge in [0.1, 0.15) is 5.92 Å². The van der Waals surface area contributed by atoms with Gasteiger partial charge in [0, 0.05) is 38.3 Å². The quantitative estimate of drug-likeness (QED) is 0.629. The van der Waals surface area contributed by atoms with E-state index >= 15 is 0 Å². The summed E-state index contributed by atoms with van der Waals surface area (Å²) in [7, 11) is 0. The lowest BCUT2D eigenvalue weighted by atomic mass is 10.1. The molecule has 1 unspecified atom stereocenters. The van der Waals surface area contributed by atoms with Crippen molar-refractivity contribution in [1.82, 2.24) is 10.2 Å². The number of nitrogens with one attached hydrogen (secondary N) is 1. The van der Waals surface area contributed by atoms with Crippen LogP contribution in [-0.4, -0.2) is 48.8 Å². The second kappa shape index (κ2) is 7.47. The first kappa shape index (κ1) is 16.5. The lowest BCUT2D eigenvalue weighted by molar-refractivity contribution is -0.132. The molecule has 0 radical (unpaired) electrons. The van der Waals surface area contributed by atoms with Gasteiger partial charge in [0.2, 0.25) is 17.7 Å². The Kier molecular flexibility index (Phi) is 5.13. The van der Waals surface area contributed by atoms with Crippen molar-refractivity contribution in [3.63, 3.8) is 0 Å². The van der Waals surface area contributed by atoms with Crippen LogP contribution in [0.15, 0.2) is 30.3 Å². The third-order valence-corrected chi connectivity index (χ3v) is 4.67. The average molecular weight is 329 g/mol. The number of para-hydroxylation sites is 1. The second-order valence-corrected chi connectivity index (χ2v) is 6.30. The average Bonchev–Trinajstić information content (AvgIpc) is 3.18. The fourth-order valence-electron chi connectivity index (χ4n) is 3.33. The highest BCUT2D eigenvalue weighted by Crippen LogP contribution is 2.25. The third kappa shape index (κ3) is 3.58. The molecule has 2 aliphatic heterocycles. The molecule has 3 amide bonds. The molecule has 1 N–H and O–H groups in total. The monoisotopic (exact) mass is 329 g/mol. The van der Waals surface area contributed by atoms with Gasteiger partial charge in [0.15, 0.2) is 0 Å². The normalized spacial score (nSPS) is 20.8. The standard InChI is InChI=1S/C18H23N3O3/c22-16-8-4-11-20(16)12-5-10-19-17(23)15-9-13-21(18(15)24)14-6-2-1-3-7-14/h1-3,6-7,15H,4-5,8-13H2,(H,19,23). The summed E-state index contributed by atoms with van der Waals surface area (Å²) < 4.78 is 0. The highest BCUT2D eigenvalue weighted by Gasteiger charge is 2.37. The Morgan fingerprint density at radius 2 is 1.96 bits per heavy atom. The second-order valence-electron chi connectivity index (χ2n) is 6.30. The molecule has 2 saturated heterocycles. The molecule has 0 aromatic heterocycles. The molecular weight excluding hydrogens is 306 g/mol. The van der Waals surface area contributed by atoms with E-state index in [1.165, 1.54) is 0 Å². The fourth-order valence-corrected chi connectivity index (χ4v) is 3.33. The largest absolute Gasteiger partial charge is 0.355 e. The minimum atomic E-state index is -0.598. The van der Waals surface area contributed by atoms with E-state index < -0.39 is 5.92 Å². The molecule has 0 saturated carbocycles. The predicted molar refractivity (Wildman–Crippen MR) is 90.3 cm³/mol. The highest BCUT2D eigenvalue weighted by molar-refractivity contribution is 6.09. The maximum absolute atomic E-state index is 12.4. The van der Waals surface area contributed by atoms with Crippen LogP contribution in [0.2, 0.25) is 0 Å². The minimum Gasteiger partial charge on any atom is -0.355 e. The van der Waals surface area contributed by atoms with E-state index in [4.69, 9.17) is 0 Å². The van der Waals surface area contributed by atoms with Crippen molar-refractivity contribution in [1.29, 1.82) is 0 Å². The Balaban J connectivity index is 1.44. The van der Waals surface area contributed by atoms with Gasteiger partial charge in [0.05, 0.1) is 0 Å². The Labute approximate surface area is 141 Å². The van der Waals surface area contributed by atoms with Gasteiger partial charge in [-0.05, 0) is 31.4 Å². The first-order valence-electron chi connectivity index (χ1n) is 8.59. The van der Waals surface area contributed by atoms with Gasteiger partial charge >= 0.3 is 0 Å². The number of nitrogens with zero attached hydrogens (tertiary/aromatic N) is 2.